The summed E-state index contributed by atoms with van der Waals surface area (Å²) in [5.74, 6) is 0. The van der Waals surface area contributed by atoms with Crippen molar-refractivity contribution >= 4 is 12.8 Å². The molecule has 1 fully saturated rings. The molecule has 1 atom stereocenters. The molecular weight excluding hydrogens is 146 g/mol. The number of hydrogen-bond donors (Lipinski definition) is 1. The van der Waals surface area contributed by atoms with Gasteiger partial charge in [-0.1, -0.05) is 12.8 Å². The summed E-state index contributed by atoms with van der Waals surface area (Å²) in [7, 11) is 1.75. The van der Waals surface area contributed by atoms with Crippen molar-refractivity contribution in [3.8, 4) is 0 Å². The molecule has 1 rings (SSSR count). The van der Waals surface area contributed by atoms with Crippen LogP contribution < -0.4 is 0 Å². The Labute approximate surface area is 68.1 Å². The van der Waals surface area contributed by atoms with E-state index in [9.17, 15) is 0 Å². The van der Waals surface area contributed by atoms with E-state index >= 15 is 0 Å². The second kappa shape index (κ2) is 4.21. The average Bonchev–Trinajstić information content (AvgIpc) is 2.31. The number of hydrogen-bond acceptors (Lipinski definition) is 3. The first kappa shape index (κ1) is 8.37. The highest BCUT2D eigenvalue weighted by Crippen LogP contribution is 2.21. The summed E-state index contributed by atoms with van der Waals surface area (Å²) < 4.78 is 7.12. The topological polar surface area (TPSA) is 12.5 Å². The van der Waals surface area contributed by atoms with Crippen molar-refractivity contribution in [2.75, 3.05) is 20.3 Å². The van der Waals surface area contributed by atoms with E-state index in [4.69, 9.17) is 4.74 Å². The van der Waals surface area contributed by atoms with E-state index < -0.39 is 0 Å². The van der Waals surface area contributed by atoms with Crippen LogP contribution in [0.25, 0.3) is 0 Å². The van der Waals surface area contributed by atoms with Crippen LogP contribution in [0.4, 0.5) is 0 Å². The number of thiol groups is 1. The molecule has 60 valence electrons. The molecule has 1 saturated heterocycles. The van der Waals surface area contributed by atoms with Crippen molar-refractivity contribution in [1.29, 1.82) is 0 Å². The number of ether oxygens (including phenoxy) is 1. The first-order valence-corrected chi connectivity index (χ1v) is 4.19. The predicted molar refractivity (Wildman–Crippen MR) is 45.2 cm³/mol. The second-order valence-electron chi connectivity index (χ2n) is 2.74. The smallest absolute Gasteiger partial charge is 0.0477 e. The Kier molecular flexibility index (Phi) is 3.52. The van der Waals surface area contributed by atoms with Crippen molar-refractivity contribution in [2.24, 2.45) is 0 Å². The lowest BCUT2D eigenvalue weighted by molar-refractivity contribution is 0.177. The monoisotopic (exact) mass is 161 g/mol. The predicted octanol–water partition coefficient (Wildman–Crippen LogP) is 1.33. The zero-order valence-corrected chi connectivity index (χ0v) is 7.31. The Bertz CT molecular complexity index is 99.6. The third-order valence-electron chi connectivity index (χ3n) is 2.00. The zero-order chi connectivity index (χ0) is 7.40. The molecule has 1 aliphatic heterocycles. The quantitative estimate of drug-likeness (QED) is 0.627. The van der Waals surface area contributed by atoms with Crippen LogP contribution in [0.2, 0.25) is 0 Å². The second-order valence-corrected chi connectivity index (χ2v) is 3.25. The van der Waals surface area contributed by atoms with Crippen LogP contribution in [0.15, 0.2) is 0 Å². The molecule has 0 bridgehead atoms. The minimum absolute atomic E-state index is 0.656. The highest BCUT2D eigenvalue weighted by atomic mass is 32.1. The molecule has 0 aromatic heterocycles. The summed E-state index contributed by atoms with van der Waals surface area (Å²) in [6, 6.07) is 0.656. The van der Waals surface area contributed by atoms with Gasteiger partial charge in [0.05, 0.1) is 0 Å². The molecular formula is C7H15NOS. The third-order valence-corrected chi connectivity index (χ3v) is 2.53. The summed E-state index contributed by atoms with van der Waals surface area (Å²) >= 11 is 4.34. The van der Waals surface area contributed by atoms with Gasteiger partial charge in [-0.3, -0.25) is 4.31 Å². The molecule has 0 unspecified atom stereocenters. The van der Waals surface area contributed by atoms with Gasteiger partial charge in [0.2, 0.25) is 0 Å². The fourth-order valence-corrected chi connectivity index (χ4v) is 1.74. The first-order valence-electron chi connectivity index (χ1n) is 3.79. The van der Waals surface area contributed by atoms with Crippen molar-refractivity contribution in [1.82, 2.24) is 4.31 Å². The molecule has 1 aliphatic rings. The highest BCUT2D eigenvalue weighted by Gasteiger charge is 2.20. The van der Waals surface area contributed by atoms with Crippen molar-refractivity contribution < 1.29 is 4.74 Å². The van der Waals surface area contributed by atoms with Gasteiger partial charge in [-0.25, -0.2) is 0 Å². The summed E-state index contributed by atoms with van der Waals surface area (Å²) in [6.45, 7) is 2.00. The first-order chi connectivity index (χ1) is 4.84. The molecule has 3 heteroatoms. The van der Waals surface area contributed by atoms with Gasteiger partial charge < -0.3 is 4.74 Å². The molecule has 10 heavy (non-hydrogen) atoms. The molecule has 0 aromatic carbocycles. The van der Waals surface area contributed by atoms with Crippen molar-refractivity contribution in [3.63, 3.8) is 0 Å². The Hall–Kier alpha value is 0.270. The highest BCUT2D eigenvalue weighted by molar-refractivity contribution is 7.77. The molecule has 1 heterocycles. The van der Waals surface area contributed by atoms with Gasteiger partial charge in [0.25, 0.3) is 0 Å². The summed E-state index contributed by atoms with van der Waals surface area (Å²) in [4.78, 5) is 0. The maximum Gasteiger partial charge on any atom is 0.0477 e. The summed E-state index contributed by atoms with van der Waals surface area (Å²) in [5.41, 5.74) is 0. The minimum atomic E-state index is 0.656. The molecule has 0 aliphatic carbocycles. The van der Waals surface area contributed by atoms with Gasteiger partial charge >= 0.3 is 0 Å². The molecule has 0 N–H and O–H groups in total. The Balaban J connectivity index is 2.14. The number of rotatable bonds is 3. The largest absolute Gasteiger partial charge is 0.385 e. The van der Waals surface area contributed by atoms with Crippen LogP contribution in [0.1, 0.15) is 19.3 Å². The van der Waals surface area contributed by atoms with Gasteiger partial charge in [0, 0.05) is 26.3 Å². The van der Waals surface area contributed by atoms with E-state index in [1.54, 1.807) is 7.11 Å². The normalized spacial score (nSPS) is 27.6. The van der Waals surface area contributed by atoms with E-state index in [0.29, 0.717) is 6.04 Å². The Morgan fingerprint density at radius 3 is 3.00 bits per heavy atom. The fourth-order valence-electron chi connectivity index (χ4n) is 1.37. The van der Waals surface area contributed by atoms with Crippen LogP contribution >= 0.6 is 12.8 Å². The molecule has 0 radical (unpaired) electrons. The van der Waals surface area contributed by atoms with Crippen LogP contribution in [0.5, 0.6) is 0 Å². The van der Waals surface area contributed by atoms with E-state index in [-0.39, 0.29) is 0 Å². The maximum absolute atomic E-state index is 4.99. The van der Waals surface area contributed by atoms with Crippen LogP contribution in [-0.4, -0.2) is 30.6 Å². The molecule has 0 aromatic rings. The van der Waals surface area contributed by atoms with Crippen LogP contribution in [0.3, 0.4) is 0 Å². The van der Waals surface area contributed by atoms with Crippen LogP contribution in [-0.2, 0) is 4.74 Å². The lowest BCUT2D eigenvalue weighted by Gasteiger charge is -2.16. The zero-order valence-electron chi connectivity index (χ0n) is 6.42. The van der Waals surface area contributed by atoms with E-state index in [0.717, 1.165) is 19.6 Å². The third kappa shape index (κ3) is 2.15. The van der Waals surface area contributed by atoms with Crippen LogP contribution in [0, 0.1) is 0 Å². The lowest BCUT2D eigenvalue weighted by Crippen LogP contribution is -2.21. The minimum Gasteiger partial charge on any atom is -0.385 e. The van der Waals surface area contributed by atoms with Crippen molar-refractivity contribution in [3.05, 3.63) is 0 Å². The average molecular weight is 161 g/mol. The Morgan fingerprint density at radius 1 is 1.70 bits per heavy atom. The van der Waals surface area contributed by atoms with E-state index in [1.165, 1.54) is 12.8 Å². The number of methoxy groups -OCH3 is 1. The maximum atomic E-state index is 4.99. The van der Waals surface area contributed by atoms with Gasteiger partial charge in [-0.15, -0.1) is 0 Å². The van der Waals surface area contributed by atoms with Gasteiger partial charge in [0.1, 0.15) is 0 Å². The van der Waals surface area contributed by atoms with Gasteiger partial charge in [-0.2, -0.15) is 0 Å². The van der Waals surface area contributed by atoms with E-state index in [2.05, 4.69) is 17.1 Å². The number of nitrogens with zero attached hydrogens (tertiary/aromatic N) is 1. The molecule has 0 spiro atoms. The van der Waals surface area contributed by atoms with Gasteiger partial charge in [0.15, 0.2) is 0 Å². The Morgan fingerprint density at radius 2 is 2.50 bits per heavy atom. The lowest BCUT2D eigenvalue weighted by atomic mass is 10.2. The summed E-state index contributed by atoms with van der Waals surface area (Å²) in [6.07, 6.45) is 3.70. The van der Waals surface area contributed by atoms with E-state index in [1.807, 2.05) is 0 Å². The molecule has 0 amide bonds. The standard InChI is InChI=1S/C7H15NOS/c1-9-6-4-7-3-2-5-8(7)10/h7,10H,2-6H2,1H3/t7-/m0/s1. The molecule has 2 nitrogen and oxygen atoms in total. The SMILES string of the molecule is COCC[C@@H]1CCCN1S. The van der Waals surface area contributed by atoms with Crippen molar-refractivity contribution in [2.45, 2.75) is 25.3 Å². The summed E-state index contributed by atoms with van der Waals surface area (Å²) in [5, 5.41) is 0. The van der Waals surface area contributed by atoms with Gasteiger partial charge in [-0.05, 0) is 19.3 Å². The fraction of sp³-hybridized carbons (Fsp3) is 1.00. The molecule has 0 saturated carbocycles.